The molecule has 1 aromatic carbocycles. The zero-order valence-corrected chi connectivity index (χ0v) is 13.9. The number of hydrogen-bond donors (Lipinski definition) is 3. The van der Waals surface area contributed by atoms with E-state index in [1.807, 2.05) is 0 Å². The Morgan fingerprint density at radius 2 is 2.17 bits per heavy atom. The highest BCUT2D eigenvalue weighted by Gasteiger charge is 2.23. The number of carbonyl (C=O) groups excluding carboxylic acids is 1. The summed E-state index contributed by atoms with van der Waals surface area (Å²) >= 11 is 0. The van der Waals surface area contributed by atoms with E-state index >= 15 is 0 Å². The van der Waals surface area contributed by atoms with Gasteiger partial charge in [0.1, 0.15) is 0 Å². The van der Waals surface area contributed by atoms with Crippen molar-refractivity contribution in [3.05, 3.63) is 44.5 Å². The van der Waals surface area contributed by atoms with Gasteiger partial charge in [-0.3, -0.25) is 14.4 Å². The van der Waals surface area contributed by atoms with Gasteiger partial charge in [-0.1, -0.05) is 6.92 Å². The average molecular weight is 330 g/mol. The molecule has 1 aliphatic heterocycles. The molecule has 0 saturated carbocycles. The molecule has 1 aromatic heterocycles. The van der Waals surface area contributed by atoms with Gasteiger partial charge >= 0.3 is 11.1 Å². The van der Waals surface area contributed by atoms with Crippen LogP contribution in [0.4, 0.5) is 0 Å². The average Bonchev–Trinajstić information content (AvgIpc) is 2.57. The van der Waals surface area contributed by atoms with Gasteiger partial charge < -0.3 is 20.2 Å². The topological polar surface area (TPSA) is 96.0 Å². The van der Waals surface area contributed by atoms with E-state index in [9.17, 15) is 14.4 Å². The van der Waals surface area contributed by atoms with E-state index in [1.165, 1.54) is 4.57 Å². The fourth-order valence-corrected chi connectivity index (χ4v) is 3.21. The standard InChI is InChI=1S/C17H22N4O3/c1-3-21-14-5-4-11(8-13(14)20-16(23)17(21)24)15(22)19-12-6-7-18-9-10(12)2/h4-5,8,10,12,18H,3,6-7,9H2,1-2H3,(H,19,22)(H,20,23). The van der Waals surface area contributed by atoms with Crippen LogP contribution >= 0.6 is 0 Å². The van der Waals surface area contributed by atoms with E-state index in [2.05, 4.69) is 22.5 Å². The van der Waals surface area contributed by atoms with Crippen molar-refractivity contribution in [3.8, 4) is 0 Å². The predicted octanol–water partition coefficient (Wildman–Crippen LogP) is 0.438. The smallest absolute Gasteiger partial charge is 0.316 e. The largest absolute Gasteiger partial charge is 0.349 e. The van der Waals surface area contributed by atoms with E-state index in [1.54, 1.807) is 25.1 Å². The van der Waals surface area contributed by atoms with Gasteiger partial charge in [0.2, 0.25) is 0 Å². The fraction of sp³-hybridized carbons (Fsp3) is 0.471. The summed E-state index contributed by atoms with van der Waals surface area (Å²) in [4.78, 5) is 38.7. The summed E-state index contributed by atoms with van der Waals surface area (Å²) in [7, 11) is 0. The SMILES string of the molecule is CCn1c(=O)c(=O)[nH]c2cc(C(=O)NC3CCNCC3C)ccc21. The molecule has 0 aliphatic carbocycles. The number of piperidine rings is 1. The van der Waals surface area contributed by atoms with Crippen LogP contribution in [0.3, 0.4) is 0 Å². The molecule has 1 saturated heterocycles. The maximum absolute atomic E-state index is 12.5. The molecule has 128 valence electrons. The second-order valence-corrected chi connectivity index (χ2v) is 6.29. The number of rotatable bonds is 3. The van der Waals surface area contributed by atoms with Crippen LogP contribution in [0.2, 0.25) is 0 Å². The molecule has 2 aromatic rings. The molecule has 24 heavy (non-hydrogen) atoms. The zero-order valence-electron chi connectivity index (χ0n) is 13.9. The van der Waals surface area contributed by atoms with Crippen LogP contribution in [0, 0.1) is 5.92 Å². The fourth-order valence-electron chi connectivity index (χ4n) is 3.21. The molecule has 0 bridgehead atoms. The molecule has 1 amide bonds. The Bertz CT molecular complexity index is 884. The molecule has 2 unspecified atom stereocenters. The monoisotopic (exact) mass is 330 g/mol. The number of hydrogen-bond acceptors (Lipinski definition) is 4. The lowest BCUT2D eigenvalue weighted by Gasteiger charge is -2.30. The highest BCUT2D eigenvalue weighted by molar-refractivity contribution is 5.97. The maximum Gasteiger partial charge on any atom is 0.316 e. The molecule has 3 rings (SSSR count). The van der Waals surface area contributed by atoms with Crippen LogP contribution in [0.1, 0.15) is 30.6 Å². The van der Waals surface area contributed by atoms with Crippen molar-refractivity contribution in [3.63, 3.8) is 0 Å². The van der Waals surface area contributed by atoms with Gasteiger partial charge in [-0.15, -0.1) is 0 Å². The van der Waals surface area contributed by atoms with Crippen molar-refractivity contribution in [2.24, 2.45) is 5.92 Å². The Labute approximate surface area is 139 Å². The lowest BCUT2D eigenvalue weighted by Crippen LogP contribution is -2.48. The van der Waals surface area contributed by atoms with Crippen molar-refractivity contribution < 1.29 is 4.79 Å². The lowest BCUT2D eigenvalue weighted by atomic mass is 9.95. The summed E-state index contributed by atoms with van der Waals surface area (Å²) in [5.41, 5.74) is 0.339. The minimum Gasteiger partial charge on any atom is -0.349 e. The number of nitrogens with one attached hydrogen (secondary N) is 3. The number of amides is 1. The van der Waals surface area contributed by atoms with Crippen LogP contribution in [-0.4, -0.2) is 34.6 Å². The number of nitrogens with zero attached hydrogens (tertiary/aromatic N) is 1. The van der Waals surface area contributed by atoms with Gasteiger partial charge in [0.05, 0.1) is 11.0 Å². The number of benzene rings is 1. The van der Waals surface area contributed by atoms with Crippen molar-refractivity contribution in [2.75, 3.05) is 13.1 Å². The summed E-state index contributed by atoms with van der Waals surface area (Å²) < 4.78 is 1.41. The third-order valence-corrected chi connectivity index (χ3v) is 4.66. The molecule has 0 spiro atoms. The molecule has 2 atom stereocenters. The van der Waals surface area contributed by atoms with Gasteiger partial charge in [0.15, 0.2) is 0 Å². The van der Waals surface area contributed by atoms with E-state index in [4.69, 9.17) is 0 Å². The third-order valence-electron chi connectivity index (χ3n) is 4.66. The number of fused-ring (bicyclic) bond motifs is 1. The lowest BCUT2D eigenvalue weighted by molar-refractivity contribution is 0.0914. The third kappa shape index (κ3) is 2.99. The number of aromatic amines is 1. The molecule has 2 heterocycles. The normalized spacial score (nSPS) is 20.9. The van der Waals surface area contributed by atoms with Crippen LogP contribution in [0.25, 0.3) is 11.0 Å². The first-order valence-electron chi connectivity index (χ1n) is 8.29. The first-order valence-corrected chi connectivity index (χ1v) is 8.29. The van der Waals surface area contributed by atoms with Gasteiger partial charge in [-0.2, -0.15) is 0 Å². The van der Waals surface area contributed by atoms with Crippen LogP contribution < -0.4 is 21.8 Å². The molecule has 0 radical (unpaired) electrons. The molecule has 3 N–H and O–H groups in total. The van der Waals surface area contributed by atoms with Crippen molar-refractivity contribution in [1.29, 1.82) is 0 Å². The van der Waals surface area contributed by atoms with Gasteiger partial charge in [0.25, 0.3) is 5.91 Å². The quantitative estimate of drug-likeness (QED) is 0.712. The minimum atomic E-state index is -0.672. The van der Waals surface area contributed by atoms with Gasteiger partial charge in [-0.05, 0) is 50.6 Å². The molecular formula is C17H22N4O3. The molecule has 7 heteroatoms. The predicted molar refractivity (Wildman–Crippen MR) is 92.4 cm³/mol. The summed E-state index contributed by atoms with van der Waals surface area (Å²) in [5.74, 6) is 0.207. The second kappa shape index (κ2) is 6.60. The number of H-pyrrole nitrogens is 1. The van der Waals surface area contributed by atoms with Crippen LogP contribution in [0.5, 0.6) is 0 Å². The van der Waals surface area contributed by atoms with Gasteiger partial charge in [-0.25, -0.2) is 0 Å². The molecule has 1 aliphatic rings. The highest BCUT2D eigenvalue weighted by atomic mass is 16.2. The Kier molecular flexibility index (Phi) is 4.53. The van der Waals surface area contributed by atoms with E-state index in [-0.39, 0.29) is 11.9 Å². The Hall–Kier alpha value is -2.41. The maximum atomic E-state index is 12.5. The van der Waals surface area contributed by atoms with Crippen molar-refractivity contribution in [2.45, 2.75) is 32.9 Å². The first kappa shape index (κ1) is 16.4. The highest BCUT2D eigenvalue weighted by Crippen LogP contribution is 2.14. The summed E-state index contributed by atoms with van der Waals surface area (Å²) in [5, 5.41) is 6.37. The van der Waals surface area contributed by atoms with Gasteiger partial charge in [0, 0.05) is 18.2 Å². The second-order valence-electron chi connectivity index (χ2n) is 6.29. The summed E-state index contributed by atoms with van der Waals surface area (Å²) in [6.45, 7) is 6.09. The summed E-state index contributed by atoms with van der Waals surface area (Å²) in [6, 6.07) is 5.16. The van der Waals surface area contributed by atoms with Crippen LogP contribution in [0.15, 0.2) is 27.8 Å². The Morgan fingerprint density at radius 1 is 1.38 bits per heavy atom. The number of aromatic nitrogens is 2. The Balaban J connectivity index is 1.93. The van der Waals surface area contributed by atoms with E-state index in [0.29, 0.717) is 29.1 Å². The number of carbonyl (C=O) groups is 1. The minimum absolute atomic E-state index is 0.137. The van der Waals surface area contributed by atoms with Crippen molar-refractivity contribution in [1.82, 2.24) is 20.2 Å². The molecule has 1 fully saturated rings. The first-order chi connectivity index (χ1) is 11.5. The van der Waals surface area contributed by atoms with Crippen molar-refractivity contribution >= 4 is 16.9 Å². The number of aryl methyl sites for hydroxylation is 1. The molecule has 7 nitrogen and oxygen atoms in total. The van der Waals surface area contributed by atoms with Crippen LogP contribution in [-0.2, 0) is 6.54 Å². The van der Waals surface area contributed by atoms with E-state index in [0.717, 1.165) is 19.5 Å². The van der Waals surface area contributed by atoms with E-state index < -0.39 is 11.1 Å². The Morgan fingerprint density at radius 3 is 2.88 bits per heavy atom. The zero-order chi connectivity index (χ0) is 17.3. The molecular weight excluding hydrogens is 308 g/mol. The summed E-state index contributed by atoms with van der Waals surface area (Å²) in [6.07, 6.45) is 0.896.